The second-order valence-corrected chi connectivity index (χ2v) is 6.45. The minimum absolute atomic E-state index is 0.0887. The number of fused-ring (bicyclic) bond motifs is 1. The van der Waals surface area contributed by atoms with E-state index in [2.05, 4.69) is 5.10 Å². The highest BCUT2D eigenvalue weighted by atomic mass is 16.2. The smallest absolute Gasteiger partial charge is 0.270 e. The van der Waals surface area contributed by atoms with E-state index in [0.29, 0.717) is 24.3 Å². The second-order valence-electron chi connectivity index (χ2n) is 6.45. The number of benzene rings is 1. The monoisotopic (exact) mass is 337 g/mol. The van der Waals surface area contributed by atoms with E-state index in [0.717, 1.165) is 17.3 Å². The molecule has 1 unspecified atom stereocenters. The van der Waals surface area contributed by atoms with Crippen molar-refractivity contribution in [3.05, 3.63) is 54.0 Å². The number of amides is 2. The topological polar surface area (TPSA) is 86.1 Å². The summed E-state index contributed by atoms with van der Waals surface area (Å²) in [4.78, 5) is 25.9. The van der Waals surface area contributed by atoms with Crippen molar-refractivity contribution < 1.29 is 9.59 Å². The molecule has 25 heavy (non-hydrogen) atoms. The number of nitrogens with zero attached hydrogens (tertiary/aromatic N) is 4. The van der Waals surface area contributed by atoms with Crippen molar-refractivity contribution >= 4 is 22.7 Å². The van der Waals surface area contributed by atoms with Crippen LogP contribution in [-0.4, -0.2) is 44.2 Å². The predicted molar refractivity (Wildman–Crippen MR) is 93.2 cm³/mol. The summed E-state index contributed by atoms with van der Waals surface area (Å²) in [6, 6.07) is 9.69. The van der Waals surface area contributed by atoms with E-state index in [1.54, 1.807) is 28.8 Å². The molecule has 2 N–H and O–H groups in total. The van der Waals surface area contributed by atoms with Gasteiger partial charge < -0.3 is 15.2 Å². The van der Waals surface area contributed by atoms with Gasteiger partial charge in [-0.2, -0.15) is 5.10 Å². The summed E-state index contributed by atoms with van der Waals surface area (Å²) < 4.78 is 3.61. The summed E-state index contributed by atoms with van der Waals surface area (Å²) in [5.41, 5.74) is 7.07. The number of aromatic nitrogens is 3. The number of hydrogen-bond donors (Lipinski definition) is 1. The van der Waals surface area contributed by atoms with Gasteiger partial charge in [-0.1, -0.05) is 18.2 Å². The maximum atomic E-state index is 12.8. The third-order valence-corrected chi connectivity index (χ3v) is 4.76. The van der Waals surface area contributed by atoms with Crippen LogP contribution in [0.5, 0.6) is 0 Å². The third-order valence-electron chi connectivity index (χ3n) is 4.76. The average molecular weight is 337 g/mol. The second kappa shape index (κ2) is 5.77. The number of aryl methyl sites for hydroxylation is 1. The highest BCUT2D eigenvalue weighted by Gasteiger charge is 2.30. The van der Waals surface area contributed by atoms with Crippen molar-refractivity contribution in [1.29, 1.82) is 0 Å². The minimum Gasteiger partial charge on any atom is -0.366 e. The van der Waals surface area contributed by atoms with Crippen molar-refractivity contribution in [3.63, 3.8) is 0 Å². The zero-order valence-corrected chi connectivity index (χ0v) is 13.9. The number of primary amides is 1. The van der Waals surface area contributed by atoms with Crippen LogP contribution < -0.4 is 5.73 Å². The van der Waals surface area contributed by atoms with Gasteiger partial charge in [0.15, 0.2) is 0 Å². The molecule has 0 saturated carbocycles. The lowest BCUT2D eigenvalue weighted by molar-refractivity contribution is 0.0777. The average Bonchev–Trinajstić information content (AvgIpc) is 3.31. The van der Waals surface area contributed by atoms with Gasteiger partial charge >= 0.3 is 0 Å². The maximum Gasteiger partial charge on any atom is 0.270 e. The third kappa shape index (κ3) is 2.67. The number of nitrogens with two attached hydrogens (primary N) is 1. The molecule has 1 atom stereocenters. The molecule has 4 rings (SSSR count). The highest BCUT2D eigenvalue weighted by molar-refractivity contribution is 5.98. The highest BCUT2D eigenvalue weighted by Crippen LogP contribution is 2.25. The Morgan fingerprint density at radius 2 is 2.04 bits per heavy atom. The van der Waals surface area contributed by atoms with Crippen LogP contribution in [0.25, 0.3) is 10.9 Å². The van der Waals surface area contributed by atoms with E-state index in [9.17, 15) is 9.59 Å². The van der Waals surface area contributed by atoms with E-state index in [4.69, 9.17) is 5.73 Å². The molecule has 3 aromatic rings. The molecule has 1 aliphatic rings. The molecule has 1 aromatic carbocycles. The molecule has 0 spiro atoms. The number of carbonyl (C=O) groups excluding carboxylic acids is 2. The number of rotatable bonds is 3. The first-order chi connectivity index (χ1) is 12.0. The largest absolute Gasteiger partial charge is 0.366 e. The van der Waals surface area contributed by atoms with Crippen LogP contribution in [0.4, 0.5) is 0 Å². The van der Waals surface area contributed by atoms with Crippen LogP contribution in [0.1, 0.15) is 33.3 Å². The van der Waals surface area contributed by atoms with E-state index in [1.807, 2.05) is 35.1 Å². The Bertz CT molecular complexity index is 938. The van der Waals surface area contributed by atoms with Gasteiger partial charge in [0, 0.05) is 37.9 Å². The summed E-state index contributed by atoms with van der Waals surface area (Å²) in [6.45, 7) is 1.26. The first kappa shape index (κ1) is 15.4. The Kier molecular flexibility index (Phi) is 3.56. The van der Waals surface area contributed by atoms with Crippen molar-refractivity contribution in [2.24, 2.45) is 12.8 Å². The first-order valence-corrected chi connectivity index (χ1v) is 8.22. The number of carbonyl (C=O) groups is 2. The van der Waals surface area contributed by atoms with Crippen molar-refractivity contribution in [2.45, 2.75) is 12.5 Å². The Labute approximate surface area is 144 Å². The van der Waals surface area contributed by atoms with Gasteiger partial charge in [-0.05, 0) is 18.6 Å². The lowest BCUT2D eigenvalue weighted by Crippen LogP contribution is -2.30. The molecular weight excluding hydrogens is 318 g/mol. The minimum atomic E-state index is -0.530. The summed E-state index contributed by atoms with van der Waals surface area (Å²) in [5, 5.41) is 5.72. The van der Waals surface area contributed by atoms with Gasteiger partial charge in [-0.25, -0.2) is 0 Å². The Morgan fingerprint density at radius 3 is 2.76 bits per heavy atom. The maximum absolute atomic E-state index is 12.8. The molecule has 1 fully saturated rings. The van der Waals surface area contributed by atoms with Gasteiger partial charge in [0.05, 0.1) is 17.1 Å². The quantitative estimate of drug-likeness (QED) is 0.787. The van der Waals surface area contributed by atoms with Gasteiger partial charge in [-0.3, -0.25) is 14.3 Å². The van der Waals surface area contributed by atoms with Crippen molar-refractivity contribution in [1.82, 2.24) is 19.2 Å². The van der Waals surface area contributed by atoms with Crippen LogP contribution >= 0.6 is 0 Å². The fourth-order valence-electron chi connectivity index (χ4n) is 3.39. The standard InChI is InChI=1S/C18H19N5O2/c1-21-9-13(17(19)24)8-16(21)18(25)22-7-6-14(11-22)23-10-12-4-2-3-5-15(12)20-23/h2-5,8-10,14H,6-7,11H2,1H3,(H2,19,24). The first-order valence-electron chi connectivity index (χ1n) is 8.22. The van der Waals surface area contributed by atoms with E-state index >= 15 is 0 Å². The zero-order valence-electron chi connectivity index (χ0n) is 13.9. The molecule has 128 valence electrons. The van der Waals surface area contributed by atoms with Crippen LogP contribution in [0, 0.1) is 0 Å². The molecule has 7 nitrogen and oxygen atoms in total. The predicted octanol–water partition coefficient (Wildman–Crippen LogP) is 1.56. The van der Waals surface area contributed by atoms with Crippen LogP contribution in [0.15, 0.2) is 42.7 Å². The van der Waals surface area contributed by atoms with Gasteiger partial charge in [-0.15, -0.1) is 0 Å². The molecule has 0 bridgehead atoms. The Hall–Kier alpha value is -3.09. The summed E-state index contributed by atoms with van der Waals surface area (Å²) >= 11 is 0. The normalized spacial score (nSPS) is 17.3. The summed E-state index contributed by atoms with van der Waals surface area (Å²) in [6.07, 6.45) is 4.47. The van der Waals surface area contributed by atoms with Crippen molar-refractivity contribution in [2.75, 3.05) is 13.1 Å². The van der Waals surface area contributed by atoms with Crippen LogP contribution in [-0.2, 0) is 7.05 Å². The zero-order chi connectivity index (χ0) is 17.6. The van der Waals surface area contributed by atoms with E-state index < -0.39 is 5.91 Å². The number of likely N-dealkylation sites (tertiary alicyclic amines) is 1. The van der Waals surface area contributed by atoms with Gasteiger partial charge in [0.25, 0.3) is 5.91 Å². The molecule has 0 radical (unpaired) electrons. The molecule has 1 saturated heterocycles. The molecule has 2 amide bonds. The molecule has 7 heteroatoms. The summed E-state index contributed by atoms with van der Waals surface area (Å²) in [5.74, 6) is -0.619. The van der Waals surface area contributed by atoms with Gasteiger partial charge in [0.2, 0.25) is 5.91 Å². The van der Waals surface area contributed by atoms with E-state index in [1.165, 1.54) is 0 Å². The van der Waals surface area contributed by atoms with Crippen LogP contribution in [0.2, 0.25) is 0 Å². The summed E-state index contributed by atoms with van der Waals surface area (Å²) in [7, 11) is 1.74. The molecule has 0 aliphatic carbocycles. The lowest BCUT2D eigenvalue weighted by Gasteiger charge is -2.17. The lowest BCUT2D eigenvalue weighted by atomic mass is 10.2. The number of hydrogen-bond acceptors (Lipinski definition) is 3. The Morgan fingerprint density at radius 1 is 1.24 bits per heavy atom. The van der Waals surface area contributed by atoms with Crippen LogP contribution in [0.3, 0.4) is 0 Å². The SMILES string of the molecule is Cn1cc(C(N)=O)cc1C(=O)N1CCC(n2cc3ccccc3n2)C1. The fraction of sp³-hybridized carbons (Fsp3) is 0.278. The molecule has 2 aromatic heterocycles. The van der Waals surface area contributed by atoms with Gasteiger partial charge in [0.1, 0.15) is 5.69 Å². The Balaban J connectivity index is 1.53. The van der Waals surface area contributed by atoms with E-state index in [-0.39, 0.29) is 11.9 Å². The molecule has 1 aliphatic heterocycles. The fourth-order valence-corrected chi connectivity index (χ4v) is 3.39. The van der Waals surface area contributed by atoms with Crippen molar-refractivity contribution in [3.8, 4) is 0 Å². The molecular formula is C18H19N5O2. The molecule has 3 heterocycles.